The number of nitrogens with one attached hydrogen (secondary N) is 2. The molecular formula is C16H22FN3O2. The van der Waals surface area contributed by atoms with E-state index in [0.29, 0.717) is 31.9 Å². The minimum atomic E-state index is -0.458. The number of carbonyl (C=O) groups excluding carboxylic acids is 1. The number of halogens is 1. The lowest BCUT2D eigenvalue weighted by atomic mass is 10.0. The van der Waals surface area contributed by atoms with Crippen molar-refractivity contribution in [2.45, 2.75) is 18.5 Å². The van der Waals surface area contributed by atoms with Gasteiger partial charge in [0.15, 0.2) is 0 Å². The van der Waals surface area contributed by atoms with Crippen molar-refractivity contribution in [2.24, 2.45) is 0 Å². The smallest absolute Gasteiger partial charge is 0.242 e. The van der Waals surface area contributed by atoms with Crippen LogP contribution in [0.2, 0.25) is 0 Å². The number of rotatable bonds is 4. The van der Waals surface area contributed by atoms with Gasteiger partial charge in [0.1, 0.15) is 11.9 Å². The summed E-state index contributed by atoms with van der Waals surface area (Å²) in [5.41, 5.74) is 0.699. The monoisotopic (exact) mass is 307 g/mol. The normalized spacial score (nSPS) is 24.1. The topological polar surface area (TPSA) is 53.6 Å². The standard InChI is InChI=1S/C16H22FN3O2/c17-13-3-1-2-12(10-13)15(20-6-8-22-9-7-20)16(21)19-14-4-5-18-11-14/h1-3,10,14-15,18H,4-9,11H2,(H,19,21). The number of morpholine rings is 1. The van der Waals surface area contributed by atoms with Crippen LogP contribution >= 0.6 is 0 Å². The van der Waals surface area contributed by atoms with E-state index in [9.17, 15) is 9.18 Å². The number of ether oxygens (including phenoxy) is 1. The highest BCUT2D eigenvalue weighted by atomic mass is 19.1. The van der Waals surface area contributed by atoms with E-state index in [-0.39, 0.29) is 17.8 Å². The fourth-order valence-corrected chi connectivity index (χ4v) is 3.10. The summed E-state index contributed by atoms with van der Waals surface area (Å²) in [6.45, 7) is 4.28. The number of hydrogen-bond acceptors (Lipinski definition) is 4. The molecule has 2 fully saturated rings. The highest BCUT2D eigenvalue weighted by molar-refractivity contribution is 5.83. The molecule has 2 atom stereocenters. The van der Waals surface area contributed by atoms with E-state index in [1.54, 1.807) is 6.07 Å². The van der Waals surface area contributed by atoms with Gasteiger partial charge in [-0.3, -0.25) is 9.69 Å². The zero-order valence-corrected chi connectivity index (χ0v) is 12.6. The van der Waals surface area contributed by atoms with Gasteiger partial charge in [0.2, 0.25) is 5.91 Å². The van der Waals surface area contributed by atoms with E-state index in [2.05, 4.69) is 15.5 Å². The highest BCUT2D eigenvalue weighted by Crippen LogP contribution is 2.23. The second kappa shape index (κ2) is 7.17. The molecule has 3 rings (SSSR count). The van der Waals surface area contributed by atoms with Crippen molar-refractivity contribution < 1.29 is 13.9 Å². The largest absolute Gasteiger partial charge is 0.379 e. The molecule has 0 aromatic heterocycles. The molecule has 2 aliphatic heterocycles. The molecule has 0 spiro atoms. The molecular weight excluding hydrogens is 285 g/mol. The van der Waals surface area contributed by atoms with Gasteiger partial charge in [0.05, 0.1) is 13.2 Å². The SMILES string of the molecule is O=C(NC1CCNC1)C(c1cccc(F)c1)N1CCOCC1. The molecule has 0 aliphatic carbocycles. The maximum absolute atomic E-state index is 13.6. The summed E-state index contributed by atoms with van der Waals surface area (Å²) in [4.78, 5) is 14.8. The van der Waals surface area contributed by atoms with Crippen LogP contribution in [0.1, 0.15) is 18.0 Å². The summed E-state index contributed by atoms with van der Waals surface area (Å²) in [5, 5.41) is 6.32. The zero-order valence-electron chi connectivity index (χ0n) is 12.6. The lowest BCUT2D eigenvalue weighted by molar-refractivity contribution is -0.129. The van der Waals surface area contributed by atoms with E-state index in [4.69, 9.17) is 4.74 Å². The first-order chi connectivity index (χ1) is 10.7. The molecule has 2 aliphatic rings. The van der Waals surface area contributed by atoms with Crippen molar-refractivity contribution in [3.05, 3.63) is 35.6 Å². The molecule has 1 amide bonds. The first kappa shape index (κ1) is 15.4. The van der Waals surface area contributed by atoms with Crippen molar-refractivity contribution in [3.63, 3.8) is 0 Å². The van der Waals surface area contributed by atoms with Gasteiger partial charge in [-0.05, 0) is 30.7 Å². The second-order valence-corrected chi connectivity index (χ2v) is 5.80. The van der Waals surface area contributed by atoms with Crippen molar-refractivity contribution in [3.8, 4) is 0 Å². The van der Waals surface area contributed by atoms with E-state index >= 15 is 0 Å². The van der Waals surface area contributed by atoms with Crippen molar-refractivity contribution >= 4 is 5.91 Å². The average Bonchev–Trinajstić information content (AvgIpc) is 3.01. The van der Waals surface area contributed by atoms with Crippen molar-refractivity contribution in [1.82, 2.24) is 15.5 Å². The van der Waals surface area contributed by atoms with Gasteiger partial charge in [-0.2, -0.15) is 0 Å². The Balaban J connectivity index is 1.79. The molecule has 0 bridgehead atoms. The molecule has 2 N–H and O–H groups in total. The molecule has 6 heteroatoms. The van der Waals surface area contributed by atoms with E-state index in [1.165, 1.54) is 12.1 Å². The maximum Gasteiger partial charge on any atom is 0.242 e. The Morgan fingerprint density at radius 2 is 2.23 bits per heavy atom. The Hall–Kier alpha value is -1.50. The predicted octanol–water partition coefficient (Wildman–Crippen LogP) is 0.677. The first-order valence-electron chi connectivity index (χ1n) is 7.82. The van der Waals surface area contributed by atoms with Gasteiger partial charge in [-0.25, -0.2) is 4.39 Å². The van der Waals surface area contributed by atoms with Gasteiger partial charge < -0.3 is 15.4 Å². The third kappa shape index (κ3) is 3.63. The van der Waals surface area contributed by atoms with Crippen LogP contribution in [0, 0.1) is 5.82 Å². The van der Waals surface area contributed by atoms with Crippen LogP contribution in [0.25, 0.3) is 0 Å². The van der Waals surface area contributed by atoms with Crippen molar-refractivity contribution in [1.29, 1.82) is 0 Å². The minimum absolute atomic E-state index is 0.0544. The molecule has 1 aromatic rings. The minimum Gasteiger partial charge on any atom is -0.379 e. The number of benzene rings is 1. The van der Waals surface area contributed by atoms with Crippen LogP contribution in [0.3, 0.4) is 0 Å². The molecule has 0 saturated carbocycles. The van der Waals surface area contributed by atoms with Gasteiger partial charge in [-0.15, -0.1) is 0 Å². The molecule has 0 radical (unpaired) electrons. The van der Waals surface area contributed by atoms with E-state index in [1.807, 2.05) is 6.07 Å². The average molecular weight is 307 g/mol. The third-order valence-corrected chi connectivity index (χ3v) is 4.23. The molecule has 5 nitrogen and oxygen atoms in total. The van der Waals surface area contributed by atoms with Crippen LogP contribution in [-0.4, -0.2) is 56.2 Å². The Kier molecular flexibility index (Phi) is 5.02. The fourth-order valence-electron chi connectivity index (χ4n) is 3.10. The van der Waals surface area contributed by atoms with Crippen LogP contribution in [0.5, 0.6) is 0 Å². The predicted molar refractivity (Wildman–Crippen MR) is 81.0 cm³/mol. The number of hydrogen-bond donors (Lipinski definition) is 2. The molecule has 1 aromatic carbocycles. The van der Waals surface area contributed by atoms with E-state index < -0.39 is 6.04 Å². The first-order valence-corrected chi connectivity index (χ1v) is 7.82. The number of carbonyl (C=O) groups is 1. The second-order valence-electron chi connectivity index (χ2n) is 5.80. The Morgan fingerprint density at radius 1 is 1.41 bits per heavy atom. The molecule has 2 unspecified atom stereocenters. The summed E-state index contributed by atoms with van der Waals surface area (Å²) in [5.74, 6) is -0.368. The van der Waals surface area contributed by atoms with E-state index in [0.717, 1.165) is 19.5 Å². The lowest BCUT2D eigenvalue weighted by Crippen LogP contribution is -2.48. The summed E-state index contributed by atoms with van der Waals surface area (Å²) in [6, 6.07) is 6.02. The molecule has 22 heavy (non-hydrogen) atoms. The molecule has 120 valence electrons. The van der Waals surface area contributed by atoms with Crippen LogP contribution in [0.4, 0.5) is 4.39 Å². The van der Waals surface area contributed by atoms with Crippen LogP contribution in [-0.2, 0) is 9.53 Å². The summed E-state index contributed by atoms with van der Waals surface area (Å²) < 4.78 is 18.9. The Labute approximate surface area is 129 Å². The van der Waals surface area contributed by atoms with Crippen LogP contribution < -0.4 is 10.6 Å². The fraction of sp³-hybridized carbons (Fsp3) is 0.562. The maximum atomic E-state index is 13.6. The highest BCUT2D eigenvalue weighted by Gasteiger charge is 2.31. The van der Waals surface area contributed by atoms with Gasteiger partial charge in [-0.1, -0.05) is 12.1 Å². The number of amides is 1. The molecule has 2 saturated heterocycles. The van der Waals surface area contributed by atoms with Crippen LogP contribution in [0.15, 0.2) is 24.3 Å². The Bertz CT molecular complexity index is 514. The zero-order chi connectivity index (χ0) is 15.4. The number of nitrogens with zero attached hydrogens (tertiary/aromatic N) is 1. The third-order valence-electron chi connectivity index (χ3n) is 4.23. The molecule has 2 heterocycles. The van der Waals surface area contributed by atoms with Gasteiger partial charge in [0.25, 0.3) is 0 Å². The van der Waals surface area contributed by atoms with Gasteiger partial charge in [0, 0.05) is 25.7 Å². The Morgan fingerprint density at radius 3 is 2.91 bits per heavy atom. The van der Waals surface area contributed by atoms with Crippen molar-refractivity contribution in [2.75, 3.05) is 39.4 Å². The van der Waals surface area contributed by atoms with Gasteiger partial charge >= 0.3 is 0 Å². The quantitative estimate of drug-likeness (QED) is 0.859. The summed E-state index contributed by atoms with van der Waals surface area (Å²) in [6.07, 6.45) is 0.935. The lowest BCUT2D eigenvalue weighted by Gasteiger charge is -2.34. The summed E-state index contributed by atoms with van der Waals surface area (Å²) in [7, 11) is 0. The summed E-state index contributed by atoms with van der Waals surface area (Å²) >= 11 is 0.